The van der Waals surface area contributed by atoms with Crippen molar-refractivity contribution in [1.82, 2.24) is 20.4 Å². The van der Waals surface area contributed by atoms with E-state index in [0.29, 0.717) is 19.4 Å². The van der Waals surface area contributed by atoms with Crippen molar-refractivity contribution >= 4 is 23.8 Å². The van der Waals surface area contributed by atoms with E-state index < -0.39 is 23.3 Å². The van der Waals surface area contributed by atoms with Gasteiger partial charge in [0, 0.05) is 39.1 Å². The molecule has 0 saturated carbocycles. The van der Waals surface area contributed by atoms with Crippen LogP contribution in [0.3, 0.4) is 0 Å². The number of ketones is 2. The van der Waals surface area contributed by atoms with E-state index in [1.54, 1.807) is 40.1 Å². The zero-order valence-electron chi connectivity index (χ0n) is 22.6. The number of cyclic esters (lactones) is 2. The molecule has 1 aliphatic heterocycles. The summed E-state index contributed by atoms with van der Waals surface area (Å²) >= 11 is 0. The Labute approximate surface area is 209 Å². The van der Waals surface area contributed by atoms with Crippen LogP contribution in [-0.4, -0.2) is 97.6 Å². The average molecular weight is 497 g/mol. The standard InChI is InChI=1S/C25H44N4O6/c1-18(2)21(31)24(5)12-11-13-28(7)22(32)34-14-9-10-15-35-23(33)29(8)17-25(6,27-19(3)4)20(30)16-26-24/h9-10,18-19,26-27H,11-17H2,1-8H3/t24-,25-/m1/s1. The second-order valence-electron chi connectivity index (χ2n) is 10.3. The van der Waals surface area contributed by atoms with Crippen LogP contribution in [0.15, 0.2) is 12.2 Å². The number of ether oxygens (including phenoxy) is 2. The van der Waals surface area contributed by atoms with E-state index in [-0.39, 0.29) is 49.8 Å². The number of amides is 2. The summed E-state index contributed by atoms with van der Waals surface area (Å²) in [6.07, 6.45) is 3.11. The van der Waals surface area contributed by atoms with Crippen LogP contribution in [-0.2, 0) is 19.1 Å². The first-order valence-electron chi connectivity index (χ1n) is 12.2. The molecule has 0 unspecified atom stereocenters. The SMILES string of the molecule is CC(C)N[C@]1(C)CN(C)C(=O)OCC=CCOC(=O)N(C)CCC[C@](C)(C(=O)C(C)C)NCC1=O. The van der Waals surface area contributed by atoms with Gasteiger partial charge in [0.05, 0.1) is 17.6 Å². The second-order valence-corrected chi connectivity index (χ2v) is 10.3. The van der Waals surface area contributed by atoms with E-state index in [1.807, 2.05) is 27.7 Å². The molecule has 0 spiro atoms. The maximum absolute atomic E-state index is 13.4. The molecule has 1 rings (SSSR count). The highest BCUT2D eigenvalue weighted by Crippen LogP contribution is 2.20. The number of carbonyl (C=O) groups excluding carboxylic acids is 4. The molecule has 2 amide bonds. The Balaban J connectivity index is 3.22. The molecule has 0 saturated heterocycles. The first kappa shape index (κ1) is 30.6. The molecular weight excluding hydrogens is 452 g/mol. The minimum absolute atomic E-state index is 0.00854. The topological polar surface area (TPSA) is 117 Å². The predicted octanol–water partition coefficient (Wildman–Crippen LogP) is 2.37. The summed E-state index contributed by atoms with van der Waals surface area (Å²) in [5.74, 6) is -0.419. The molecule has 0 aromatic rings. The molecule has 200 valence electrons. The molecule has 0 radical (unpaired) electrons. The van der Waals surface area contributed by atoms with Crippen LogP contribution < -0.4 is 10.6 Å². The van der Waals surface area contributed by atoms with E-state index in [4.69, 9.17) is 9.47 Å². The smallest absolute Gasteiger partial charge is 0.409 e. The maximum Gasteiger partial charge on any atom is 0.409 e. The lowest BCUT2D eigenvalue weighted by Gasteiger charge is -2.37. The van der Waals surface area contributed by atoms with Crippen molar-refractivity contribution in [2.24, 2.45) is 5.92 Å². The lowest BCUT2D eigenvalue weighted by molar-refractivity contribution is -0.129. The van der Waals surface area contributed by atoms with E-state index in [0.717, 1.165) is 0 Å². The Morgan fingerprint density at radius 3 is 2.06 bits per heavy atom. The fourth-order valence-electron chi connectivity index (χ4n) is 4.15. The van der Waals surface area contributed by atoms with Crippen molar-refractivity contribution in [3.63, 3.8) is 0 Å². The largest absolute Gasteiger partial charge is 0.445 e. The monoisotopic (exact) mass is 496 g/mol. The molecule has 0 aliphatic carbocycles. The number of carbonyl (C=O) groups is 4. The van der Waals surface area contributed by atoms with Gasteiger partial charge in [-0.3, -0.25) is 14.9 Å². The van der Waals surface area contributed by atoms with Crippen LogP contribution in [0.2, 0.25) is 0 Å². The lowest BCUT2D eigenvalue weighted by atomic mass is 9.84. The summed E-state index contributed by atoms with van der Waals surface area (Å²) in [5.41, 5.74) is -2.01. The third kappa shape index (κ3) is 9.60. The zero-order valence-corrected chi connectivity index (χ0v) is 22.6. The van der Waals surface area contributed by atoms with Gasteiger partial charge in [-0.05, 0) is 52.7 Å². The number of likely N-dealkylation sites (N-methyl/N-ethyl adjacent to an activating group) is 1. The van der Waals surface area contributed by atoms with E-state index in [2.05, 4.69) is 10.6 Å². The Kier molecular flexibility index (Phi) is 11.9. The Bertz CT molecular complexity index is 784. The molecule has 0 aromatic heterocycles. The average Bonchev–Trinajstić information content (AvgIpc) is 2.77. The first-order valence-corrected chi connectivity index (χ1v) is 12.2. The van der Waals surface area contributed by atoms with Gasteiger partial charge in [-0.1, -0.05) is 13.8 Å². The number of nitrogens with zero attached hydrogens (tertiary/aromatic N) is 2. The Morgan fingerprint density at radius 1 is 1.00 bits per heavy atom. The summed E-state index contributed by atoms with van der Waals surface area (Å²) in [7, 11) is 3.20. The quantitative estimate of drug-likeness (QED) is 0.570. The van der Waals surface area contributed by atoms with Gasteiger partial charge in [-0.2, -0.15) is 0 Å². The molecule has 1 heterocycles. The molecule has 35 heavy (non-hydrogen) atoms. The van der Waals surface area contributed by atoms with Crippen LogP contribution in [0.1, 0.15) is 54.4 Å². The minimum Gasteiger partial charge on any atom is -0.445 e. The Morgan fingerprint density at radius 2 is 1.54 bits per heavy atom. The number of hydrogen-bond donors (Lipinski definition) is 2. The molecule has 10 nitrogen and oxygen atoms in total. The van der Waals surface area contributed by atoms with Crippen molar-refractivity contribution in [1.29, 1.82) is 0 Å². The van der Waals surface area contributed by atoms with Crippen LogP contribution >= 0.6 is 0 Å². The summed E-state index contributed by atoms with van der Waals surface area (Å²) < 4.78 is 10.4. The van der Waals surface area contributed by atoms with Crippen LogP contribution in [0.4, 0.5) is 9.59 Å². The summed E-state index contributed by atoms with van der Waals surface area (Å²) in [5, 5.41) is 6.48. The third-order valence-corrected chi connectivity index (χ3v) is 6.05. The number of rotatable bonds is 4. The number of hydrogen-bond acceptors (Lipinski definition) is 8. The third-order valence-electron chi connectivity index (χ3n) is 6.05. The van der Waals surface area contributed by atoms with Gasteiger partial charge in [-0.25, -0.2) is 9.59 Å². The van der Waals surface area contributed by atoms with E-state index >= 15 is 0 Å². The second kappa shape index (κ2) is 13.6. The van der Waals surface area contributed by atoms with Gasteiger partial charge in [-0.15, -0.1) is 0 Å². The number of Topliss-reactive ketones (excluding diaryl/α,β-unsaturated/α-hetero) is 2. The zero-order chi connectivity index (χ0) is 26.8. The molecule has 10 heteroatoms. The van der Waals surface area contributed by atoms with E-state index in [9.17, 15) is 19.2 Å². The molecular formula is C25H44N4O6. The highest BCUT2D eigenvalue weighted by Gasteiger charge is 2.39. The molecule has 2 atom stereocenters. The molecule has 1 aliphatic rings. The normalized spacial score (nSPS) is 26.7. The van der Waals surface area contributed by atoms with Crippen LogP contribution in [0, 0.1) is 5.92 Å². The van der Waals surface area contributed by atoms with Gasteiger partial charge >= 0.3 is 12.2 Å². The predicted molar refractivity (Wildman–Crippen MR) is 134 cm³/mol. The van der Waals surface area contributed by atoms with Crippen molar-refractivity contribution in [2.75, 3.05) is 46.9 Å². The van der Waals surface area contributed by atoms with Crippen molar-refractivity contribution in [2.45, 2.75) is 71.5 Å². The maximum atomic E-state index is 13.4. The van der Waals surface area contributed by atoms with Crippen molar-refractivity contribution in [3.8, 4) is 0 Å². The highest BCUT2D eigenvalue weighted by atomic mass is 16.6. The minimum atomic E-state index is -1.06. The molecule has 2 N–H and O–H groups in total. The summed E-state index contributed by atoms with van der Waals surface area (Å²) in [6.45, 7) is 11.5. The van der Waals surface area contributed by atoms with E-state index in [1.165, 1.54) is 9.80 Å². The molecule has 0 aromatic carbocycles. The van der Waals surface area contributed by atoms with Gasteiger partial charge in [0.15, 0.2) is 11.6 Å². The fraction of sp³-hybridized carbons (Fsp3) is 0.760. The number of nitrogens with one attached hydrogen (secondary N) is 2. The Hall–Kier alpha value is -2.46. The van der Waals surface area contributed by atoms with Crippen LogP contribution in [0.5, 0.6) is 0 Å². The molecule has 0 fully saturated rings. The summed E-state index contributed by atoms with van der Waals surface area (Å²) in [6, 6.07) is -0.0188. The van der Waals surface area contributed by atoms with Crippen LogP contribution in [0.25, 0.3) is 0 Å². The summed E-state index contributed by atoms with van der Waals surface area (Å²) in [4.78, 5) is 54.0. The van der Waals surface area contributed by atoms with Crippen molar-refractivity contribution in [3.05, 3.63) is 12.2 Å². The first-order chi connectivity index (χ1) is 16.2. The van der Waals surface area contributed by atoms with Gasteiger partial charge in [0.1, 0.15) is 13.2 Å². The van der Waals surface area contributed by atoms with Crippen molar-refractivity contribution < 1.29 is 28.7 Å². The fourth-order valence-corrected chi connectivity index (χ4v) is 4.15. The lowest BCUT2D eigenvalue weighted by Crippen LogP contribution is -2.63. The highest BCUT2D eigenvalue weighted by molar-refractivity contribution is 5.93. The van der Waals surface area contributed by atoms with Gasteiger partial charge in [0.25, 0.3) is 0 Å². The molecule has 0 bridgehead atoms. The van der Waals surface area contributed by atoms with Gasteiger partial charge in [0.2, 0.25) is 0 Å². The van der Waals surface area contributed by atoms with Gasteiger partial charge < -0.3 is 24.6 Å².